The zero-order valence-electron chi connectivity index (χ0n) is 9.25. The minimum Gasteiger partial charge on any atom is -0.466 e. The maximum absolute atomic E-state index is 11.1. The molecule has 0 heterocycles. The van der Waals surface area contributed by atoms with Crippen LogP contribution in [0.3, 0.4) is 0 Å². The number of ether oxygens (including phenoxy) is 1. The van der Waals surface area contributed by atoms with Gasteiger partial charge in [0.2, 0.25) is 0 Å². The zero-order chi connectivity index (χ0) is 11.3. The fourth-order valence-corrected chi connectivity index (χ4v) is 1.42. The normalized spacial score (nSPS) is 9.73. The topological polar surface area (TPSA) is 26.3 Å². The second-order valence-electron chi connectivity index (χ2n) is 3.52. The number of carbonyl (C=O) groups excluding carboxylic acids is 1. The van der Waals surface area contributed by atoms with Crippen molar-refractivity contribution in [2.45, 2.75) is 19.8 Å². The third-order valence-corrected chi connectivity index (χ3v) is 2.43. The summed E-state index contributed by atoms with van der Waals surface area (Å²) in [6.07, 6.45) is 1.48. The van der Waals surface area contributed by atoms with Gasteiger partial charge in [0.25, 0.3) is 0 Å². The second kappa shape index (κ2) is 5.35. The van der Waals surface area contributed by atoms with Crippen LogP contribution in [-0.2, 0) is 16.0 Å². The first-order chi connectivity index (χ1) is 7.15. The van der Waals surface area contributed by atoms with E-state index in [1.807, 2.05) is 12.1 Å². The standard InChI is InChI=1S/C13H16O2/c1-10-6-4-5-7-12(10)9-8-11(2)13(14)15-3/h4-7H,2,8-9H2,1,3H3. The molecule has 0 aliphatic rings. The lowest BCUT2D eigenvalue weighted by Gasteiger charge is -2.06. The molecular formula is C13H16O2. The molecular weight excluding hydrogens is 188 g/mol. The highest BCUT2D eigenvalue weighted by molar-refractivity contribution is 5.87. The van der Waals surface area contributed by atoms with Gasteiger partial charge in [0.1, 0.15) is 0 Å². The highest BCUT2D eigenvalue weighted by Gasteiger charge is 2.06. The van der Waals surface area contributed by atoms with Crippen molar-refractivity contribution < 1.29 is 9.53 Å². The molecule has 1 aromatic carbocycles. The SMILES string of the molecule is C=C(CCc1ccccc1C)C(=O)OC. The van der Waals surface area contributed by atoms with E-state index in [2.05, 4.69) is 30.4 Å². The van der Waals surface area contributed by atoms with Crippen LogP contribution in [0.15, 0.2) is 36.4 Å². The Balaban J connectivity index is 2.54. The summed E-state index contributed by atoms with van der Waals surface area (Å²) >= 11 is 0. The van der Waals surface area contributed by atoms with Crippen molar-refractivity contribution in [1.29, 1.82) is 0 Å². The number of aryl methyl sites for hydroxylation is 2. The molecule has 80 valence electrons. The van der Waals surface area contributed by atoms with Crippen molar-refractivity contribution in [3.63, 3.8) is 0 Å². The predicted molar refractivity (Wildman–Crippen MR) is 60.7 cm³/mol. The Bertz CT molecular complexity index is 367. The molecule has 0 amide bonds. The Kier molecular flexibility index (Phi) is 4.10. The van der Waals surface area contributed by atoms with E-state index >= 15 is 0 Å². The fraction of sp³-hybridized carbons (Fsp3) is 0.308. The summed E-state index contributed by atoms with van der Waals surface area (Å²) in [5.41, 5.74) is 3.03. The molecule has 2 heteroatoms. The third-order valence-electron chi connectivity index (χ3n) is 2.43. The number of methoxy groups -OCH3 is 1. The van der Waals surface area contributed by atoms with Crippen LogP contribution in [0.4, 0.5) is 0 Å². The molecule has 0 N–H and O–H groups in total. The lowest BCUT2D eigenvalue weighted by molar-refractivity contribution is -0.136. The van der Waals surface area contributed by atoms with E-state index in [0.29, 0.717) is 12.0 Å². The van der Waals surface area contributed by atoms with Gasteiger partial charge in [-0.25, -0.2) is 4.79 Å². The third kappa shape index (κ3) is 3.24. The molecule has 0 bridgehead atoms. The minimum atomic E-state index is -0.316. The molecule has 0 aliphatic carbocycles. The van der Waals surface area contributed by atoms with Crippen molar-refractivity contribution in [3.05, 3.63) is 47.5 Å². The molecule has 15 heavy (non-hydrogen) atoms. The van der Waals surface area contributed by atoms with E-state index in [-0.39, 0.29) is 5.97 Å². The van der Waals surface area contributed by atoms with Gasteiger partial charge in [0.05, 0.1) is 7.11 Å². The summed E-state index contributed by atoms with van der Waals surface area (Å²) in [7, 11) is 1.38. The van der Waals surface area contributed by atoms with E-state index in [1.54, 1.807) is 0 Å². The summed E-state index contributed by atoms with van der Waals surface area (Å²) in [5, 5.41) is 0. The number of rotatable bonds is 4. The molecule has 1 rings (SSSR count). The van der Waals surface area contributed by atoms with Gasteiger partial charge in [-0.2, -0.15) is 0 Å². The Morgan fingerprint density at radius 1 is 1.40 bits per heavy atom. The first-order valence-corrected chi connectivity index (χ1v) is 4.95. The van der Waals surface area contributed by atoms with Crippen LogP contribution in [0.1, 0.15) is 17.5 Å². The van der Waals surface area contributed by atoms with Gasteiger partial charge < -0.3 is 4.74 Å². The molecule has 0 radical (unpaired) electrons. The summed E-state index contributed by atoms with van der Waals surface area (Å²) in [4.78, 5) is 11.1. The quantitative estimate of drug-likeness (QED) is 0.556. The molecule has 1 aromatic rings. The maximum atomic E-state index is 11.1. The maximum Gasteiger partial charge on any atom is 0.333 e. The highest BCUT2D eigenvalue weighted by Crippen LogP contribution is 2.12. The van der Waals surface area contributed by atoms with Crippen molar-refractivity contribution in [3.8, 4) is 0 Å². The average molecular weight is 204 g/mol. The lowest BCUT2D eigenvalue weighted by Crippen LogP contribution is -2.04. The van der Waals surface area contributed by atoms with Gasteiger partial charge in [0.15, 0.2) is 0 Å². The molecule has 0 spiro atoms. The first-order valence-electron chi connectivity index (χ1n) is 4.95. The van der Waals surface area contributed by atoms with Crippen molar-refractivity contribution >= 4 is 5.97 Å². The van der Waals surface area contributed by atoms with Crippen LogP contribution in [0.5, 0.6) is 0 Å². The van der Waals surface area contributed by atoms with E-state index in [4.69, 9.17) is 0 Å². The van der Waals surface area contributed by atoms with E-state index in [1.165, 1.54) is 18.2 Å². The summed E-state index contributed by atoms with van der Waals surface area (Å²) < 4.78 is 4.59. The number of hydrogen-bond acceptors (Lipinski definition) is 2. The molecule has 0 aliphatic heterocycles. The number of esters is 1. The van der Waals surface area contributed by atoms with Crippen LogP contribution in [0.25, 0.3) is 0 Å². The molecule has 2 nitrogen and oxygen atoms in total. The van der Waals surface area contributed by atoms with Crippen LogP contribution in [0, 0.1) is 6.92 Å². The molecule has 0 atom stereocenters. The fourth-order valence-electron chi connectivity index (χ4n) is 1.42. The van der Waals surface area contributed by atoms with Gasteiger partial charge in [-0.15, -0.1) is 0 Å². The Morgan fingerprint density at radius 2 is 2.07 bits per heavy atom. The molecule has 0 aromatic heterocycles. The van der Waals surface area contributed by atoms with Crippen LogP contribution in [-0.4, -0.2) is 13.1 Å². The highest BCUT2D eigenvalue weighted by atomic mass is 16.5. The Morgan fingerprint density at radius 3 is 2.67 bits per heavy atom. The lowest BCUT2D eigenvalue weighted by atomic mass is 10.0. The monoisotopic (exact) mass is 204 g/mol. The Labute approximate surface area is 90.6 Å². The van der Waals surface area contributed by atoms with E-state index in [0.717, 1.165) is 6.42 Å². The first kappa shape index (κ1) is 11.5. The van der Waals surface area contributed by atoms with E-state index < -0.39 is 0 Å². The smallest absolute Gasteiger partial charge is 0.333 e. The molecule has 0 fully saturated rings. The van der Waals surface area contributed by atoms with Crippen LogP contribution < -0.4 is 0 Å². The molecule has 0 unspecified atom stereocenters. The van der Waals surface area contributed by atoms with Gasteiger partial charge >= 0.3 is 5.97 Å². The zero-order valence-corrected chi connectivity index (χ0v) is 9.25. The molecule has 0 saturated heterocycles. The van der Waals surface area contributed by atoms with Crippen molar-refractivity contribution in [2.24, 2.45) is 0 Å². The summed E-state index contributed by atoms with van der Waals surface area (Å²) in [5.74, 6) is -0.316. The number of carbonyl (C=O) groups is 1. The largest absolute Gasteiger partial charge is 0.466 e. The van der Waals surface area contributed by atoms with E-state index in [9.17, 15) is 4.79 Å². The Hall–Kier alpha value is -1.57. The molecule has 0 saturated carbocycles. The summed E-state index contributed by atoms with van der Waals surface area (Å²) in [6, 6.07) is 8.15. The van der Waals surface area contributed by atoms with Gasteiger partial charge in [-0.3, -0.25) is 0 Å². The van der Waals surface area contributed by atoms with Crippen LogP contribution >= 0.6 is 0 Å². The van der Waals surface area contributed by atoms with Crippen molar-refractivity contribution in [2.75, 3.05) is 7.11 Å². The minimum absolute atomic E-state index is 0.316. The second-order valence-corrected chi connectivity index (χ2v) is 3.52. The summed E-state index contributed by atoms with van der Waals surface area (Å²) in [6.45, 7) is 5.76. The number of hydrogen-bond donors (Lipinski definition) is 0. The van der Waals surface area contributed by atoms with Crippen LogP contribution in [0.2, 0.25) is 0 Å². The van der Waals surface area contributed by atoms with Gasteiger partial charge in [-0.1, -0.05) is 30.8 Å². The van der Waals surface area contributed by atoms with Gasteiger partial charge in [0, 0.05) is 5.57 Å². The van der Waals surface area contributed by atoms with Gasteiger partial charge in [-0.05, 0) is 30.9 Å². The predicted octanol–water partition coefficient (Wildman–Crippen LogP) is 2.66. The number of benzene rings is 1. The van der Waals surface area contributed by atoms with Crippen molar-refractivity contribution in [1.82, 2.24) is 0 Å². The average Bonchev–Trinajstić information content (AvgIpc) is 2.26.